The highest BCUT2D eigenvalue weighted by atomic mass is 19.1. The number of fused-ring (bicyclic) bond motifs is 1. The number of benzene rings is 2. The molecule has 0 spiro atoms. The van der Waals surface area contributed by atoms with Crippen LogP contribution in [0.2, 0.25) is 0 Å². The van der Waals surface area contributed by atoms with Gasteiger partial charge in [-0.2, -0.15) is 0 Å². The Balaban J connectivity index is 1.40. The normalized spacial score (nSPS) is 17.8. The molecule has 1 aliphatic heterocycles. The molecule has 2 fully saturated rings. The predicted octanol–water partition coefficient (Wildman–Crippen LogP) is 4.24. The van der Waals surface area contributed by atoms with E-state index in [-0.39, 0.29) is 11.7 Å². The van der Waals surface area contributed by atoms with Gasteiger partial charge < -0.3 is 10.2 Å². The van der Waals surface area contributed by atoms with Gasteiger partial charge in [-0.1, -0.05) is 25.1 Å². The second kappa shape index (κ2) is 7.85. The van der Waals surface area contributed by atoms with Gasteiger partial charge in [0.2, 0.25) is 0 Å². The van der Waals surface area contributed by atoms with E-state index in [4.69, 9.17) is 0 Å². The maximum atomic E-state index is 14.3. The molecule has 1 saturated carbocycles. The van der Waals surface area contributed by atoms with E-state index >= 15 is 0 Å². The van der Waals surface area contributed by atoms with Crippen molar-refractivity contribution in [1.29, 1.82) is 0 Å². The van der Waals surface area contributed by atoms with Crippen molar-refractivity contribution in [3.63, 3.8) is 0 Å². The maximum Gasteiger partial charge on any atom is 0.252 e. The van der Waals surface area contributed by atoms with Gasteiger partial charge in [-0.05, 0) is 61.7 Å². The van der Waals surface area contributed by atoms with E-state index in [1.54, 1.807) is 12.3 Å². The number of amides is 1. The SMILES string of the molecule is CCN1CC(N(C)c2ccc(C)c(C(=O)NC3(c4ccc(F)c5ncccc45)CC3)c2)C1. The highest BCUT2D eigenvalue weighted by Crippen LogP contribution is 2.48. The molecular weight excluding hydrogens is 403 g/mol. The van der Waals surface area contributed by atoms with Gasteiger partial charge in [0.25, 0.3) is 5.91 Å². The van der Waals surface area contributed by atoms with Crippen molar-refractivity contribution in [2.45, 2.75) is 38.3 Å². The number of halogens is 1. The molecule has 2 aliphatic rings. The predicted molar refractivity (Wildman–Crippen MR) is 126 cm³/mol. The van der Waals surface area contributed by atoms with E-state index in [9.17, 15) is 9.18 Å². The van der Waals surface area contributed by atoms with Gasteiger partial charge in [0, 0.05) is 43.0 Å². The Morgan fingerprint density at radius 3 is 2.75 bits per heavy atom. The second-order valence-electron chi connectivity index (χ2n) is 9.15. The van der Waals surface area contributed by atoms with Crippen LogP contribution in [0, 0.1) is 12.7 Å². The molecule has 1 amide bonds. The average molecular weight is 433 g/mol. The van der Waals surface area contributed by atoms with Crippen LogP contribution in [-0.4, -0.2) is 48.5 Å². The summed E-state index contributed by atoms with van der Waals surface area (Å²) in [6, 6.07) is 13.5. The van der Waals surface area contributed by atoms with E-state index in [2.05, 4.69) is 40.1 Å². The van der Waals surface area contributed by atoms with Crippen LogP contribution in [-0.2, 0) is 5.54 Å². The first kappa shape index (κ1) is 20.9. The lowest BCUT2D eigenvalue weighted by atomic mass is 9.97. The smallest absolute Gasteiger partial charge is 0.252 e. The van der Waals surface area contributed by atoms with Crippen LogP contribution in [0.1, 0.15) is 41.3 Å². The maximum absolute atomic E-state index is 14.3. The first-order valence-corrected chi connectivity index (χ1v) is 11.3. The molecule has 1 aliphatic carbocycles. The van der Waals surface area contributed by atoms with Crippen molar-refractivity contribution in [3.05, 3.63) is 71.2 Å². The van der Waals surface area contributed by atoms with Crippen LogP contribution in [0.25, 0.3) is 10.9 Å². The number of hydrogen-bond acceptors (Lipinski definition) is 4. The van der Waals surface area contributed by atoms with Crippen molar-refractivity contribution >= 4 is 22.5 Å². The van der Waals surface area contributed by atoms with Gasteiger partial charge in [0.1, 0.15) is 11.3 Å². The molecule has 2 heterocycles. The zero-order chi connectivity index (χ0) is 22.5. The van der Waals surface area contributed by atoms with E-state index in [1.807, 2.05) is 31.2 Å². The molecular formula is C26H29FN4O. The van der Waals surface area contributed by atoms with Crippen molar-refractivity contribution in [2.24, 2.45) is 0 Å². The number of nitrogens with one attached hydrogen (secondary N) is 1. The highest BCUT2D eigenvalue weighted by molar-refractivity contribution is 5.98. The largest absolute Gasteiger partial charge is 0.369 e. The topological polar surface area (TPSA) is 48.5 Å². The first-order chi connectivity index (χ1) is 15.4. The molecule has 32 heavy (non-hydrogen) atoms. The minimum atomic E-state index is -0.462. The van der Waals surface area contributed by atoms with E-state index in [0.29, 0.717) is 17.1 Å². The number of aromatic nitrogens is 1. The number of carbonyl (C=O) groups is 1. The zero-order valence-electron chi connectivity index (χ0n) is 18.9. The summed E-state index contributed by atoms with van der Waals surface area (Å²) >= 11 is 0. The van der Waals surface area contributed by atoms with Crippen LogP contribution in [0.3, 0.4) is 0 Å². The monoisotopic (exact) mass is 432 g/mol. The molecule has 3 aromatic rings. The van der Waals surface area contributed by atoms with Gasteiger partial charge >= 0.3 is 0 Å². The molecule has 1 N–H and O–H groups in total. The van der Waals surface area contributed by atoms with Crippen LogP contribution in [0.5, 0.6) is 0 Å². The van der Waals surface area contributed by atoms with Crippen LogP contribution < -0.4 is 10.2 Å². The second-order valence-corrected chi connectivity index (χ2v) is 9.15. The van der Waals surface area contributed by atoms with Gasteiger partial charge in [-0.15, -0.1) is 0 Å². The molecule has 1 saturated heterocycles. The molecule has 0 radical (unpaired) electrons. The summed E-state index contributed by atoms with van der Waals surface area (Å²) in [4.78, 5) is 22.3. The molecule has 6 heteroatoms. The Labute approximate surface area is 188 Å². The van der Waals surface area contributed by atoms with Gasteiger partial charge in [-0.25, -0.2) is 4.39 Å². The molecule has 0 unspecified atom stereocenters. The lowest BCUT2D eigenvalue weighted by Gasteiger charge is -2.44. The summed E-state index contributed by atoms with van der Waals surface area (Å²) in [5, 5.41) is 4.04. The number of carbonyl (C=O) groups excluding carboxylic acids is 1. The average Bonchev–Trinajstić information content (AvgIpc) is 3.53. The Morgan fingerprint density at radius 1 is 1.25 bits per heavy atom. The fraction of sp³-hybridized carbons (Fsp3) is 0.385. The number of aryl methyl sites for hydroxylation is 1. The van der Waals surface area contributed by atoms with Crippen molar-refractivity contribution in [3.8, 4) is 0 Å². The molecule has 5 nitrogen and oxygen atoms in total. The number of hydrogen-bond donors (Lipinski definition) is 1. The van der Waals surface area contributed by atoms with Crippen molar-refractivity contribution < 1.29 is 9.18 Å². The summed E-state index contributed by atoms with van der Waals surface area (Å²) in [6.45, 7) is 7.33. The third kappa shape index (κ3) is 3.52. The van der Waals surface area contributed by atoms with E-state index < -0.39 is 5.54 Å². The molecule has 0 bridgehead atoms. The van der Waals surface area contributed by atoms with Crippen LogP contribution in [0.4, 0.5) is 10.1 Å². The molecule has 1 aromatic heterocycles. The number of pyridine rings is 1. The number of likely N-dealkylation sites (tertiary alicyclic amines) is 1. The summed E-state index contributed by atoms with van der Waals surface area (Å²) in [7, 11) is 2.10. The fourth-order valence-electron chi connectivity index (χ4n) is 4.76. The summed E-state index contributed by atoms with van der Waals surface area (Å²) in [5.41, 5.74) is 3.53. The molecule has 2 aromatic carbocycles. The minimum absolute atomic E-state index is 0.0830. The van der Waals surface area contributed by atoms with Gasteiger partial charge in [-0.3, -0.25) is 14.7 Å². The van der Waals surface area contributed by atoms with Crippen molar-refractivity contribution in [2.75, 3.05) is 31.6 Å². The Hall–Kier alpha value is -2.99. The standard InChI is InChI=1S/C26H29FN4O/c1-4-31-15-19(16-31)30(3)18-8-7-17(2)21(14-18)25(32)29-26(11-12-26)22-9-10-23(27)24-20(22)6-5-13-28-24/h5-10,13-14,19H,4,11-12,15-16H2,1-3H3,(H,29,32). The van der Waals surface area contributed by atoms with E-state index in [0.717, 1.165) is 54.7 Å². The Bertz CT molecular complexity index is 1180. The number of likely N-dealkylation sites (N-methyl/N-ethyl adjacent to an activating group) is 2. The first-order valence-electron chi connectivity index (χ1n) is 11.3. The fourth-order valence-corrected chi connectivity index (χ4v) is 4.76. The highest BCUT2D eigenvalue weighted by Gasteiger charge is 2.47. The lowest BCUT2D eigenvalue weighted by Crippen LogP contribution is -2.58. The summed E-state index contributed by atoms with van der Waals surface area (Å²) in [6.07, 6.45) is 3.27. The van der Waals surface area contributed by atoms with E-state index in [1.165, 1.54) is 6.07 Å². The molecule has 0 atom stereocenters. The molecule has 166 valence electrons. The third-order valence-corrected chi connectivity index (χ3v) is 7.14. The number of nitrogens with zero attached hydrogens (tertiary/aromatic N) is 3. The molecule has 5 rings (SSSR count). The summed E-state index contributed by atoms with van der Waals surface area (Å²) in [5.74, 6) is -0.420. The Kier molecular flexibility index (Phi) is 5.13. The number of rotatable bonds is 6. The number of anilines is 1. The Morgan fingerprint density at radius 2 is 2.03 bits per heavy atom. The van der Waals surface area contributed by atoms with Crippen LogP contribution >= 0.6 is 0 Å². The van der Waals surface area contributed by atoms with Gasteiger partial charge in [0.05, 0.1) is 11.6 Å². The van der Waals surface area contributed by atoms with Gasteiger partial charge in [0.15, 0.2) is 0 Å². The van der Waals surface area contributed by atoms with Crippen LogP contribution in [0.15, 0.2) is 48.7 Å². The quantitative estimate of drug-likeness (QED) is 0.633. The summed E-state index contributed by atoms with van der Waals surface area (Å²) < 4.78 is 14.3. The minimum Gasteiger partial charge on any atom is -0.369 e. The zero-order valence-corrected chi connectivity index (χ0v) is 18.9. The lowest BCUT2D eigenvalue weighted by molar-refractivity contribution is 0.0930. The third-order valence-electron chi connectivity index (χ3n) is 7.14. The van der Waals surface area contributed by atoms with Crippen molar-refractivity contribution in [1.82, 2.24) is 15.2 Å².